The normalized spacial score (nSPS) is 36.9. The summed E-state index contributed by atoms with van der Waals surface area (Å²) in [5, 5.41) is 0. The van der Waals surface area contributed by atoms with Crippen molar-refractivity contribution >= 4 is 31.9 Å². The highest BCUT2D eigenvalue weighted by Gasteiger charge is 2.57. The molecule has 0 aliphatic heterocycles. The summed E-state index contributed by atoms with van der Waals surface area (Å²) < 4.78 is 1.57. The molecular weight excluding hydrogens is 424 g/mol. The molecule has 4 fully saturated rings. The molecule has 0 radical (unpaired) electrons. The van der Waals surface area contributed by atoms with Gasteiger partial charge in [-0.1, -0.05) is 68.3 Å². The van der Waals surface area contributed by atoms with E-state index >= 15 is 0 Å². The molecule has 2 aromatic carbocycles. The maximum Gasteiger partial charge on any atom is 0.0271 e. The fraction of sp³-hybridized carbons (Fsp3) is 0.455. The van der Waals surface area contributed by atoms with Crippen LogP contribution in [-0.2, 0) is 5.41 Å². The molecule has 6 rings (SSSR count). The van der Waals surface area contributed by atoms with E-state index in [1.807, 2.05) is 0 Å². The van der Waals surface area contributed by atoms with Crippen molar-refractivity contribution < 1.29 is 0 Å². The van der Waals surface area contributed by atoms with Gasteiger partial charge in [0.25, 0.3) is 0 Å². The Morgan fingerprint density at radius 1 is 0.750 bits per heavy atom. The van der Waals surface area contributed by atoms with Crippen molar-refractivity contribution in [3.8, 4) is 11.1 Å². The van der Waals surface area contributed by atoms with Gasteiger partial charge in [0.2, 0.25) is 0 Å². The Balaban J connectivity index is 1.48. The summed E-state index contributed by atoms with van der Waals surface area (Å²) in [4.78, 5) is 0. The zero-order valence-electron chi connectivity index (χ0n) is 13.8. The molecule has 0 saturated heterocycles. The fourth-order valence-electron chi connectivity index (χ4n) is 6.15. The number of hydrogen-bond donors (Lipinski definition) is 0. The lowest BCUT2D eigenvalue weighted by Crippen LogP contribution is -2.54. The molecule has 0 heterocycles. The van der Waals surface area contributed by atoms with Gasteiger partial charge in [-0.25, -0.2) is 0 Å². The van der Waals surface area contributed by atoms with Crippen LogP contribution in [0.5, 0.6) is 0 Å². The molecule has 4 bridgehead atoms. The summed E-state index contributed by atoms with van der Waals surface area (Å²) in [5.41, 5.74) is 4.64. The van der Waals surface area contributed by atoms with Gasteiger partial charge < -0.3 is 0 Å². The molecule has 2 atom stereocenters. The van der Waals surface area contributed by atoms with Crippen molar-refractivity contribution in [1.29, 1.82) is 0 Å². The summed E-state index contributed by atoms with van der Waals surface area (Å²) >= 11 is 7.66. The van der Waals surface area contributed by atoms with Gasteiger partial charge in [0.1, 0.15) is 0 Å². The minimum absolute atomic E-state index is 0.432. The number of benzene rings is 2. The van der Waals surface area contributed by atoms with Crippen LogP contribution in [0.2, 0.25) is 0 Å². The van der Waals surface area contributed by atoms with E-state index in [4.69, 9.17) is 0 Å². The van der Waals surface area contributed by atoms with Gasteiger partial charge in [0.15, 0.2) is 0 Å². The monoisotopic (exact) mass is 444 g/mol. The van der Waals surface area contributed by atoms with Gasteiger partial charge >= 0.3 is 0 Å². The average molecular weight is 446 g/mol. The van der Waals surface area contributed by atoms with Crippen LogP contribution in [0, 0.1) is 11.8 Å². The van der Waals surface area contributed by atoms with Crippen LogP contribution < -0.4 is 0 Å². The molecule has 4 aliphatic rings. The van der Waals surface area contributed by atoms with Crippen molar-refractivity contribution in [1.82, 2.24) is 0 Å². The molecule has 2 unspecified atom stereocenters. The summed E-state index contributed by atoms with van der Waals surface area (Å²) in [6, 6.07) is 18.1. The van der Waals surface area contributed by atoms with Gasteiger partial charge in [-0.15, -0.1) is 0 Å². The summed E-state index contributed by atoms with van der Waals surface area (Å²) in [6.07, 6.45) is 8.45. The first-order valence-electron chi connectivity index (χ1n) is 9.09. The van der Waals surface area contributed by atoms with Crippen molar-refractivity contribution in [2.75, 3.05) is 0 Å². The van der Waals surface area contributed by atoms with Crippen LogP contribution in [-0.4, -0.2) is 4.32 Å². The lowest BCUT2D eigenvalue weighted by atomic mass is 9.48. The van der Waals surface area contributed by atoms with Crippen molar-refractivity contribution in [3.05, 3.63) is 58.6 Å². The molecule has 2 aromatic rings. The van der Waals surface area contributed by atoms with Gasteiger partial charge in [0, 0.05) is 8.80 Å². The Morgan fingerprint density at radius 3 is 1.83 bits per heavy atom. The molecule has 0 nitrogen and oxygen atoms in total. The topological polar surface area (TPSA) is 0 Å². The Labute approximate surface area is 161 Å². The van der Waals surface area contributed by atoms with E-state index in [2.05, 4.69) is 80.4 Å². The highest BCUT2D eigenvalue weighted by Crippen LogP contribution is 2.64. The van der Waals surface area contributed by atoms with Crippen LogP contribution in [0.3, 0.4) is 0 Å². The van der Waals surface area contributed by atoms with E-state index in [-0.39, 0.29) is 0 Å². The van der Waals surface area contributed by atoms with E-state index in [0.29, 0.717) is 9.74 Å². The van der Waals surface area contributed by atoms with Gasteiger partial charge in [-0.2, -0.15) is 0 Å². The maximum atomic E-state index is 4.14. The van der Waals surface area contributed by atoms with Gasteiger partial charge in [-0.05, 0) is 84.6 Å². The molecule has 24 heavy (non-hydrogen) atoms. The third-order valence-corrected chi connectivity index (χ3v) is 8.12. The third-order valence-electron chi connectivity index (χ3n) is 6.66. The SMILES string of the molecule is Brc1ccc(-c2ccc(C34CC5CC(CC(Br)(C5)C3)C4)cc2)cc1. The van der Waals surface area contributed by atoms with Crippen LogP contribution in [0.4, 0.5) is 0 Å². The Hall–Kier alpha value is -0.600. The first kappa shape index (κ1) is 15.6. The number of halogens is 2. The zero-order chi connectivity index (χ0) is 16.4. The smallest absolute Gasteiger partial charge is 0.0271 e. The highest BCUT2D eigenvalue weighted by atomic mass is 79.9. The van der Waals surface area contributed by atoms with Crippen molar-refractivity contribution in [2.45, 2.75) is 48.3 Å². The summed E-state index contributed by atoms with van der Waals surface area (Å²) in [6.45, 7) is 0. The van der Waals surface area contributed by atoms with E-state index in [1.165, 1.54) is 49.7 Å². The van der Waals surface area contributed by atoms with Crippen LogP contribution >= 0.6 is 31.9 Å². The van der Waals surface area contributed by atoms with Crippen molar-refractivity contribution in [2.24, 2.45) is 11.8 Å². The number of alkyl halides is 1. The Bertz CT molecular complexity index is 746. The van der Waals surface area contributed by atoms with Gasteiger partial charge in [0.05, 0.1) is 0 Å². The van der Waals surface area contributed by atoms with Gasteiger partial charge in [-0.3, -0.25) is 0 Å². The van der Waals surface area contributed by atoms with E-state index < -0.39 is 0 Å². The first-order valence-corrected chi connectivity index (χ1v) is 10.7. The minimum Gasteiger partial charge on any atom is -0.0853 e. The number of rotatable bonds is 2. The summed E-state index contributed by atoms with van der Waals surface area (Å²) in [5.74, 6) is 1.88. The third kappa shape index (κ3) is 2.52. The molecule has 4 saturated carbocycles. The predicted molar refractivity (Wildman–Crippen MR) is 108 cm³/mol. The molecular formula is C22H22Br2. The second kappa shape index (κ2) is 5.45. The molecule has 0 aromatic heterocycles. The Kier molecular flexibility index (Phi) is 3.55. The zero-order valence-corrected chi connectivity index (χ0v) is 16.9. The standard InChI is InChI=1S/C22H22Br2/c23-20-7-3-18(4-8-20)17-1-5-19(6-2-17)21-10-15-9-16(11-21)13-22(24,12-15)14-21/h1-8,15-16H,9-14H2. The molecule has 124 valence electrons. The first-order chi connectivity index (χ1) is 11.5. The quantitative estimate of drug-likeness (QED) is 0.432. The largest absolute Gasteiger partial charge is 0.0853 e. The lowest BCUT2D eigenvalue weighted by Gasteiger charge is -2.60. The second-order valence-corrected chi connectivity index (χ2v) is 11.1. The second-order valence-electron chi connectivity index (χ2n) is 8.48. The molecule has 4 aliphatic carbocycles. The molecule has 2 heteroatoms. The maximum absolute atomic E-state index is 4.14. The minimum atomic E-state index is 0.432. The van der Waals surface area contributed by atoms with E-state index in [9.17, 15) is 0 Å². The molecule has 0 spiro atoms. The van der Waals surface area contributed by atoms with E-state index in [0.717, 1.165) is 16.3 Å². The van der Waals surface area contributed by atoms with E-state index in [1.54, 1.807) is 5.56 Å². The average Bonchev–Trinajstić information content (AvgIpc) is 2.53. The lowest BCUT2D eigenvalue weighted by molar-refractivity contribution is 0.0149. The Morgan fingerprint density at radius 2 is 1.29 bits per heavy atom. The number of hydrogen-bond acceptors (Lipinski definition) is 0. The molecule has 0 amide bonds. The van der Waals surface area contributed by atoms with Crippen LogP contribution in [0.15, 0.2) is 53.0 Å². The predicted octanol–water partition coefficient (Wildman–Crippen LogP) is 7.10. The molecule has 0 N–H and O–H groups in total. The summed E-state index contributed by atoms with van der Waals surface area (Å²) in [7, 11) is 0. The highest BCUT2D eigenvalue weighted by molar-refractivity contribution is 9.10. The fourth-order valence-corrected chi connectivity index (χ4v) is 7.86. The van der Waals surface area contributed by atoms with Crippen molar-refractivity contribution in [3.63, 3.8) is 0 Å². The van der Waals surface area contributed by atoms with Crippen LogP contribution in [0.25, 0.3) is 11.1 Å². The van der Waals surface area contributed by atoms with Crippen LogP contribution in [0.1, 0.15) is 44.1 Å².